The molecule has 0 spiro atoms. The number of nitrogens with two attached hydrogens (primary N) is 1. The molecule has 6 nitrogen and oxygen atoms in total. The van der Waals surface area contributed by atoms with Crippen molar-refractivity contribution in [3.05, 3.63) is 23.8 Å². The van der Waals surface area contributed by atoms with Crippen molar-refractivity contribution < 1.29 is 18.0 Å². The smallest absolute Gasteiger partial charge is 0.238 e. The van der Waals surface area contributed by atoms with E-state index in [1.807, 2.05) is 0 Å². The first-order valence-corrected chi connectivity index (χ1v) is 6.22. The summed E-state index contributed by atoms with van der Waals surface area (Å²) in [5.41, 5.74) is 0.365. The van der Waals surface area contributed by atoms with Crippen molar-refractivity contribution in [1.29, 1.82) is 0 Å². The Kier molecular flexibility index (Phi) is 3.64. The highest BCUT2D eigenvalue weighted by atomic mass is 32.2. The van der Waals surface area contributed by atoms with E-state index in [4.69, 9.17) is 5.14 Å². The minimum atomic E-state index is -3.87. The van der Waals surface area contributed by atoms with Gasteiger partial charge in [-0.1, -0.05) is 0 Å². The van der Waals surface area contributed by atoms with Gasteiger partial charge in [0.2, 0.25) is 15.9 Å². The average Bonchev–Trinajstić information content (AvgIpc) is 2.15. The number of anilines is 1. The number of benzene rings is 1. The minimum absolute atomic E-state index is 0.103. The lowest BCUT2D eigenvalue weighted by Crippen LogP contribution is -2.15. The molecule has 0 aliphatic heterocycles. The fourth-order valence-electron chi connectivity index (χ4n) is 1.29. The maximum Gasteiger partial charge on any atom is 0.238 e. The van der Waals surface area contributed by atoms with Crippen LogP contribution >= 0.6 is 0 Å². The van der Waals surface area contributed by atoms with E-state index in [2.05, 4.69) is 5.32 Å². The average molecular weight is 256 g/mol. The normalized spacial score (nSPS) is 11.0. The molecule has 0 aliphatic rings. The quantitative estimate of drug-likeness (QED) is 0.767. The summed E-state index contributed by atoms with van der Waals surface area (Å²) in [4.78, 5) is 22.1. The topological polar surface area (TPSA) is 106 Å². The Labute approximate surface area is 98.9 Å². The Morgan fingerprint density at radius 1 is 1.24 bits per heavy atom. The molecule has 0 atom stereocenters. The van der Waals surface area contributed by atoms with Crippen LogP contribution < -0.4 is 10.5 Å². The lowest BCUT2D eigenvalue weighted by molar-refractivity contribution is -0.114. The predicted octanol–water partition coefficient (Wildman–Crippen LogP) is 0.495. The Hall–Kier alpha value is -1.73. The van der Waals surface area contributed by atoms with Gasteiger partial charge in [0.25, 0.3) is 0 Å². The third-order valence-electron chi connectivity index (χ3n) is 2.01. The van der Waals surface area contributed by atoms with Crippen molar-refractivity contribution in [2.24, 2.45) is 5.14 Å². The van der Waals surface area contributed by atoms with Gasteiger partial charge in [0.15, 0.2) is 5.78 Å². The summed E-state index contributed by atoms with van der Waals surface area (Å²) in [6, 6.07) is 3.70. The van der Waals surface area contributed by atoms with Crippen molar-refractivity contribution >= 4 is 27.4 Å². The van der Waals surface area contributed by atoms with Crippen LogP contribution in [0.25, 0.3) is 0 Å². The third kappa shape index (κ3) is 3.36. The van der Waals surface area contributed by atoms with Gasteiger partial charge >= 0.3 is 0 Å². The van der Waals surface area contributed by atoms with Crippen LogP contribution in [0.3, 0.4) is 0 Å². The Morgan fingerprint density at radius 2 is 1.82 bits per heavy atom. The SMILES string of the molecule is CC(=O)Nc1ccc(S(N)(=O)=O)cc1C(C)=O. The lowest BCUT2D eigenvalue weighted by Gasteiger charge is -2.08. The van der Waals surface area contributed by atoms with Gasteiger partial charge in [-0.2, -0.15) is 0 Å². The number of Topliss-reactive ketones (excluding diaryl/α,β-unsaturated/α-hetero) is 1. The summed E-state index contributed by atoms with van der Waals surface area (Å²) in [6.45, 7) is 2.56. The largest absolute Gasteiger partial charge is 0.326 e. The van der Waals surface area contributed by atoms with Gasteiger partial charge in [-0.3, -0.25) is 9.59 Å². The van der Waals surface area contributed by atoms with E-state index in [9.17, 15) is 18.0 Å². The van der Waals surface area contributed by atoms with Gasteiger partial charge in [-0.05, 0) is 25.1 Å². The molecule has 7 heteroatoms. The van der Waals surface area contributed by atoms with Gasteiger partial charge < -0.3 is 5.32 Å². The number of carbonyl (C=O) groups is 2. The van der Waals surface area contributed by atoms with Crippen molar-refractivity contribution in [3.8, 4) is 0 Å². The number of rotatable bonds is 3. The Morgan fingerprint density at radius 3 is 2.24 bits per heavy atom. The first kappa shape index (κ1) is 13.3. The molecule has 92 valence electrons. The van der Waals surface area contributed by atoms with Gasteiger partial charge in [-0.15, -0.1) is 0 Å². The highest BCUT2D eigenvalue weighted by Crippen LogP contribution is 2.20. The second-order valence-electron chi connectivity index (χ2n) is 3.49. The van der Waals surface area contributed by atoms with Gasteiger partial charge in [-0.25, -0.2) is 13.6 Å². The van der Waals surface area contributed by atoms with Crippen LogP contribution in [0.5, 0.6) is 0 Å². The molecule has 0 fully saturated rings. The summed E-state index contributed by atoms with van der Waals surface area (Å²) >= 11 is 0. The number of ketones is 1. The van der Waals surface area contributed by atoms with Crippen LogP contribution in [0.1, 0.15) is 24.2 Å². The fraction of sp³-hybridized carbons (Fsp3) is 0.200. The van der Waals surface area contributed by atoms with E-state index < -0.39 is 10.0 Å². The van der Waals surface area contributed by atoms with Crippen molar-refractivity contribution in [3.63, 3.8) is 0 Å². The van der Waals surface area contributed by atoms with Crippen LogP contribution in [0.15, 0.2) is 23.1 Å². The van der Waals surface area contributed by atoms with Crippen LogP contribution in [0.2, 0.25) is 0 Å². The Bertz CT molecular complexity index is 578. The molecule has 3 N–H and O–H groups in total. The molecule has 1 amide bonds. The first-order valence-electron chi connectivity index (χ1n) is 4.67. The highest BCUT2D eigenvalue weighted by molar-refractivity contribution is 7.89. The van der Waals surface area contributed by atoms with Crippen LogP contribution in [0.4, 0.5) is 5.69 Å². The molecule has 17 heavy (non-hydrogen) atoms. The minimum Gasteiger partial charge on any atom is -0.326 e. The van der Waals surface area contributed by atoms with Crippen LogP contribution in [-0.2, 0) is 14.8 Å². The monoisotopic (exact) mass is 256 g/mol. The molecule has 0 aliphatic carbocycles. The van der Waals surface area contributed by atoms with Crippen LogP contribution in [-0.4, -0.2) is 20.1 Å². The molecule has 0 radical (unpaired) electrons. The van der Waals surface area contributed by atoms with E-state index in [1.54, 1.807) is 0 Å². The number of amides is 1. The summed E-state index contributed by atoms with van der Waals surface area (Å²) < 4.78 is 22.2. The van der Waals surface area contributed by atoms with E-state index in [1.165, 1.54) is 26.0 Å². The zero-order chi connectivity index (χ0) is 13.2. The maximum atomic E-state index is 11.3. The van der Waals surface area contributed by atoms with Gasteiger partial charge in [0.05, 0.1) is 10.6 Å². The van der Waals surface area contributed by atoms with Gasteiger partial charge in [0.1, 0.15) is 0 Å². The molecular weight excluding hydrogens is 244 g/mol. The molecular formula is C10H12N2O4S. The molecule has 0 unspecified atom stereocenters. The molecule has 0 saturated carbocycles. The number of primary sulfonamides is 1. The van der Waals surface area contributed by atoms with E-state index in [0.717, 1.165) is 6.07 Å². The van der Waals surface area contributed by atoms with E-state index in [0.29, 0.717) is 0 Å². The zero-order valence-corrected chi connectivity index (χ0v) is 10.2. The number of carbonyl (C=O) groups excluding carboxylic acids is 2. The molecule has 0 heterocycles. The van der Waals surface area contributed by atoms with Crippen molar-refractivity contribution in [2.45, 2.75) is 18.7 Å². The second-order valence-corrected chi connectivity index (χ2v) is 5.05. The zero-order valence-electron chi connectivity index (χ0n) is 9.35. The third-order valence-corrected chi connectivity index (χ3v) is 2.92. The molecule has 0 aromatic heterocycles. The fourth-order valence-corrected chi connectivity index (χ4v) is 1.83. The highest BCUT2D eigenvalue weighted by Gasteiger charge is 2.14. The number of nitrogens with one attached hydrogen (secondary N) is 1. The van der Waals surface area contributed by atoms with E-state index >= 15 is 0 Å². The predicted molar refractivity (Wildman–Crippen MR) is 62.1 cm³/mol. The Balaban J connectivity index is 3.37. The maximum absolute atomic E-state index is 11.3. The number of hydrogen-bond donors (Lipinski definition) is 2. The first-order chi connectivity index (χ1) is 7.71. The summed E-state index contributed by atoms with van der Waals surface area (Å²) in [7, 11) is -3.87. The molecule has 1 aromatic carbocycles. The molecule has 0 saturated heterocycles. The second kappa shape index (κ2) is 4.64. The number of hydrogen-bond acceptors (Lipinski definition) is 4. The lowest BCUT2D eigenvalue weighted by atomic mass is 10.1. The summed E-state index contributed by atoms with van der Waals surface area (Å²) in [6.07, 6.45) is 0. The summed E-state index contributed by atoms with van der Waals surface area (Å²) in [5, 5.41) is 7.39. The van der Waals surface area contributed by atoms with Gasteiger partial charge in [0, 0.05) is 12.5 Å². The molecule has 0 bridgehead atoms. The van der Waals surface area contributed by atoms with Crippen molar-refractivity contribution in [2.75, 3.05) is 5.32 Å². The molecule has 1 rings (SSSR count). The number of sulfonamides is 1. The molecule has 1 aromatic rings. The van der Waals surface area contributed by atoms with Crippen LogP contribution in [0, 0.1) is 0 Å². The summed E-state index contributed by atoms with van der Waals surface area (Å²) in [5.74, 6) is -0.713. The van der Waals surface area contributed by atoms with Crippen molar-refractivity contribution in [1.82, 2.24) is 0 Å². The van der Waals surface area contributed by atoms with E-state index in [-0.39, 0.29) is 27.8 Å². The standard InChI is InChI=1S/C10H12N2O4S/c1-6(13)9-5-8(17(11,15)16)3-4-10(9)12-7(2)14/h3-5H,1-2H3,(H,12,14)(H2,11,15,16).